The summed E-state index contributed by atoms with van der Waals surface area (Å²) in [6.07, 6.45) is 2.44. The molecule has 2 aromatic carbocycles. The van der Waals surface area contributed by atoms with E-state index in [1.54, 1.807) is 21.3 Å². The molecule has 7 nitrogen and oxygen atoms in total. The number of hydrogen-bond acceptors (Lipinski definition) is 7. The number of ether oxygens (including phenoxy) is 6. The van der Waals surface area contributed by atoms with Crippen LogP contribution in [-0.4, -0.2) is 52.3 Å². The highest BCUT2D eigenvalue weighted by Gasteiger charge is 2.24. The van der Waals surface area contributed by atoms with Crippen molar-refractivity contribution < 1.29 is 28.4 Å². The third-order valence-electron chi connectivity index (χ3n) is 5.50. The lowest BCUT2D eigenvalue weighted by molar-refractivity contribution is 0.0676. The van der Waals surface area contributed by atoms with Gasteiger partial charge in [0.1, 0.15) is 11.5 Å². The second kappa shape index (κ2) is 9.45. The molecule has 1 unspecified atom stereocenters. The van der Waals surface area contributed by atoms with Gasteiger partial charge in [-0.1, -0.05) is 6.07 Å². The van der Waals surface area contributed by atoms with Gasteiger partial charge in [0.25, 0.3) is 0 Å². The summed E-state index contributed by atoms with van der Waals surface area (Å²) in [5, 5.41) is 0. The van der Waals surface area contributed by atoms with Crippen LogP contribution >= 0.6 is 0 Å². The Hall–Kier alpha value is -2.64. The zero-order valence-corrected chi connectivity index (χ0v) is 17.8. The van der Waals surface area contributed by atoms with Crippen LogP contribution in [0.1, 0.15) is 24.0 Å². The van der Waals surface area contributed by atoms with E-state index in [1.165, 1.54) is 0 Å². The summed E-state index contributed by atoms with van der Waals surface area (Å²) >= 11 is 0. The first-order chi connectivity index (χ1) is 14.7. The van der Waals surface area contributed by atoms with E-state index in [9.17, 15) is 0 Å². The van der Waals surface area contributed by atoms with Crippen molar-refractivity contribution in [1.29, 1.82) is 0 Å². The predicted molar refractivity (Wildman–Crippen MR) is 112 cm³/mol. The van der Waals surface area contributed by atoms with E-state index in [0.717, 1.165) is 67.5 Å². The minimum Gasteiger partial charge on any atom is -0.497 e. The van der Waals surface area contributed by atoms with E-state index >= 15 is 0 Å². The molecule has 0 aromatic heterocycles. The molecule has 0 saturated carbocycles. The number of fused-ring (bicyclic) bond motifs is 1. The van der Waals surface area contributed by atoms with Crippen molar-refractivity contribution >= 4 is 0 Å². The molecule has 2 heterocycles. The molecule has 162 valence electrons. The van der Waals surface area contributed by atoms with E-state index in [2.05, 4.69) is 11.0 Å². The molecule has 1 fully saturated rings. The van der Waals surface area contributed by atoms with Crippen molar-refractivity contribution in [1.82, 2.24) is 4.90 Å². The van der Waals surface area contributed by atoms with Crippen molar-refractivity contribution in [3.8, 4) is 28.7 Å². The maximum atomic E-state index is 5.91. The Balaban J connectivity index is 1.57. The Kier molecular flexibility index (Phi) is 6.50. The van der Waals surface area contributed by atoms with Gasteiger partial charge in [-0.25, -0.2) is 0 Å². The molecule has 0 bridgehead atoms. The minimum absolute atomic E-state index is 0.220. The standard InChI is InChI=1S/C23H29NO6/c1-25-18-7-6-17(20(11-18)26-2)13-24(14-19-5-4-8-28-19)12-16-9-21(27-3)23-22(10-16)29-15-30-23/h6-7,9-11,19H,4-5,8,12-15H2,1-3H3. The molecule has 7 heteroatoms. The van der Waals surface area contributed by atoms with Crippen LogP contribution in [0.15, 0.2) is 30.3 Å². The Labute approximate surface area is 177 Å². The summed E-state index contributed by atoms with van der Waals surface area (Å²) in [4.78, 5) is 2.37. The maximum Gasteiger partial charge on any atom is 0.231 e. The van der Waals surface area contributed by atoms with Crippen molar-refractivity contribution in [2.45, 2.75) is 32.0 Å². The van der Waals surface area contributed by atoms with Gasteiger partial charge in [0, 0.05) is 37.9 Å². The number of nitrogens with zero attached hydrogens (tertiary/aromatic N) is 1. The lowest BCUT2D eigenvalue weighted by Crippen LogP contribution is -2.31. The molecular formula is C23H29NO6. The summed E-state index contributed by atoms with van der Waals surface area (Å²) < 4.78 is 33.5. The van der Waals surface area contributed by atoms with Crippen molar-refractivity contribution in [2.24, 2.45) is 0 Å². The van der Waals surface area contributed by atoms with Crippen LogP contribution in [0.5, 0.6) is 28.7 Å². The number of benzene rings is 2. The lowest BCUT2D eigenvalue weighted by Gasteiger charge is -2.26. The van der Waals surface area contributed by atoms with Crippen molar-refractivity contribution in [3.63, 3.8) is 0 Å². The third kappa shape index (κ3) is 4.57. The zero-order chi connectivity index (χ0) is 20.9. The SMILES string of the molecule is COc1ccc(CN(Cc2cc(OC)c3c(c2)OCO3)CC2CCCO2)c(OC)c1. The van der Waals surface area contributed by atoms with Gasteiger partial charge in [-0.3, -0.25) is 4.90 Å². The van der Waals surface area contributed by atoms with Crippen LogP contribution in [0, 0.1) is 0 Å². The predicted octanol–water partition coefficient (Wildman–Crippen LogP) is 3.62. The Bertz CT molecular complexity index is 865. The summed E-state index contributed by atoms with van der Waals surface area (Å²) in [5.41, 5.74) is 2.20. The molecule has 2 aliphatic heterocycles. The monoisotopic (exact) mass is 415 g/mol. The first-order valence-electron chi connectivity index (χ1n) is 10.2. The van der Waals surface area contributed by atoms with Gasteiger partial charge >= 0.3 is 0 Å². The fraction of sp³-hybridized carbons (Fsp3) is 0.478. The fourth-order valence-corrected chi connectivity index (χ4v) is 4.02. The highest BCUT2D eigenvalue weighted by molar-refractivity contribution is 5.55. The molecule has 0 spiro atoms. The molecular weight excluding hydrogens is 386 g/mol. The highest BCUT2D eigenvalue weighted by atomic mass is 16.7. The molecule has 0 amide bonds. The lowest BCUT2D eigenvalue weighted by atomic mass is 10.1. The average molecular weight is 415 g/mol. The summed E-state index contributed by atoms with van der Waals surface area (Å²) in [5.74, 6) is 3.68. The number of hydrogen-bond donors (Lipinski definition) is 0. The molecule has 0 N–H and O–H groups in total. The van der Waals surface area contributed by atoms with Gasteiger partial charge in [0.2, 0.25) is 12.5 Å². The normalized spacial score (nSPS) is 17.4. The van der Waals surface area contributed by atoms with E-state index < -0.39 is 0 Å². The number of rotatable bonds is 9. The molecule has 4 rings (SSSR count). The molecule has 2 aliphatic rings. The van der Waals surface area contributed by atoms with Crippen LogP contribution in [0.25, 0.3) is 0 Å². The van der Waals surface area contributed by atoms with E-state index in [0.29, 0.717) is 11.5 Å². The summed E-state index contributed by atoms with van der Waals surface area (Å²) in [6, 6.07) is 9.98. The summed E-state index contributed by atoms with van der Waals surface area (Å²) in [6.45, 7) is 3.35. The smallest absolute Gasteiger partial charge is 0.231 e. The highest BCUT2D eigenvalue weighted by Crippen LogP contribution is 2.42. The van der Waals surface area contributed by atoms with Gasteiger partial charge in [-0.15, -0.1) is 0 Å². The maximum absolute atomic E-state index is 5.91. The van der Waals surface area contributed by atoms with E-state index in [1.807, 2.05) is 24.3 Å². The van der Waals surface area contributed by atoms with Gasteiger partial charge in [0.15, 0.2) is 11.5 Å². The Morgan fingerprint density at radius 2 is 1.83 bits per heavy atom. The molecule has 1 saturated heterocycles. The van der Waals surface area contributed by atoms with Crippen LogP contribution in [0.2, 0.25) is 0 Å². The first kappa shape index (κ1) is 20.6. The minimum atomic E-state index is 0.220. The van der Waals surface area contributed by atoms with Gasteiger partial charge in [0.05, 0.1) is 27.4 Å². The Morgan fingerprint density at radius 1 is 0.967 bits per heavy atom. The quantitative estimate of drug-likeness (QED) is 0.620. The molecule has 0 aliphatic carbocycles. The summed E-state index contributed by atoms with van der Waals surface area (Å²) in [7, 11) is 4.99. The molecule has 2 aromatic rings. The second-order valence-electron chi connectivity index (χ2n) is 7.51. The first-order valence-corrected chi connectivity index (χ1v) is 10.2. The van der Waals surface area contributed by atoms with Crippen LogP contribution in [-0.2, 0) is 17.8 Å². The largest absolute Gasteiger partial charge is 0.497 e. The zero-order valence-electron chi connectivity index (χ0n) is 17.8. The fourth-order valence-electron chi connectivity index (χ4n) is 4.02. The van der Waals surface area contributed by atoms with Crippen molar-refractivity contribution in [3.05, 3.63) is 41.5 Å². The van der Waals surface area contributed by atoms with E-state index in [-0.39, 0.29) is 12.9 Å². The van der Waals surface area contributed by atoms with Crippen LogP contribution in [0.3, 0.4) is 0 Å². The van der Waals surface area contributed by atoms with E-state index in [4.69, 9.17) is 28.4 Å². The molecule has 0 radical (unpaired) electrons. The number of methoxy groups -OCH3 is 3. The third-order valence-corrected chi connectivity index (χ3v) is 5.50. The molecule has 30 heavy (non-hydrogen) atoms. The van der Waals surface area contributed by atoms with Gasteiger partial charge in [-0.2, -0.15) is 0 Å². The van der Waals surface area contributed by atoms with Crippen LogP contribution in [0.4, 0.5) is 0 Å². The van der Waals surface area contributed by atoms with Crippen molar-refractivity contribution in [2.75, 3.05) is 41.3 Å². The topological polar surface area (TPSA) is 58.6 Å². The van der Waals surface area contributed by atoms with Crippen LogP contribution < -0.4 is 23.7 Å². The average Bonchev–Trinajstić information content (AvgIpc) is 3.45. The van der Waals surface area contributed by atoms with Gasteiger partial charge < -0.3 is 28.4 Å². The molecule has 1 atom stereocenters. The second-order valence-corrected chi connectivity index (χ2v) is 7.51. The van der Waals surface area contributed by atoms with Gasteiger partial charge in [-0.05, 0) is 36.6 Å². The Morgan fingerprint density at radius 3 is 2.57 bits per heavy atom.